The quantitative estimate of drug-likeness (QED) is 0.726. The molecule has 1 aromatic heterocycles. The van der Waals surface area contributed by atoms with Gasteiger partial charge in [0.1, 0.15) is 0 Å². The van der Waals surface area contributed by atoms with Crippen LogP contribution in [0.15, 0.2) is 52.1 Å². The molecule has 118 valence electrons. The first-order valence-corrected chi connectivity index (χ1v) is 7.95. The normalized spacial score (nSPS) is 11.1. The zero-order chi connectivity index (χ0) is 16.6. The molecule has 0 amide bonds. The first kappa shape index (κ1) is 15.8. The third kappa shape index (κ3) is 2.80. The van der Waals surface area contributed by atoms with Crippen LogP contribution in [0, 0.1) is 0 Å². The van der Waals surface area contributed by atoms with Gasteiger partial charge in [0.05, 0.1) is 22.5 Å². The Bertz CT molecular complexity index is 991. The summed E-state index contributed by atoms with van der Waals surface area (Å²) in [5, 5.41) is 0.951. The van der Waals surface area contributed by atoms with E-state index in [1.165, 1.54) is 15.2 Å². The van der Waals surface area contributed by atoms with Crippen LogP contribution in [-0.4, -0.2) is 9.13 Å². The van der Waals surface area contributed by atoms with Crippen molar-refractivity contribution in [2.75, 3.05) is 0 Å². The summed E-state index contributed by atoms with van der Waals surface area (Å²) >= 11 is 12.3. The number of hydrogen-bond donors (Lipinski definition) is 0. The molecule has 0 N–H and O–H groups in total. The molecule has 0 saturated carbocycles. The monoisotopic (exact) mass is 348 g/mol. The van der Waals surface area contributed by atoms with Crippen molar-refractivity contribution >= 4 is 34.1 Å². The number of benzene rings is 2. The molecule has 0 atom stereocenters. The molecule has 0 spiro atoms. The summed E-state index contributed by atoms with van der Waals surface area (Å²) in [6, 6.07) is 12.7. The zero-order valence-electron chi connectivity index (χ0n) is 12.4. The highest BCUT2D eigenvalue weighted by molar-refractivity contribution is 6.38. The molecule has 0 bridgehead atoms. The molecule has 0 aliphatic rings. The Kier molecular flexibility index (Phi) is 4.28. The van der Waals surface area contributed by atoms with E-state index in [4.69, 9.17) is 23.2 Å². The number of halogens is 2. The highest BCUT2D eigenvalue weighted by Gasteiger charge is 2.16. The predicted octanol–water partition coefficient (Wildman–Crippen LogP) is 3.54. The topological polar surface area (TPSA) is 44.0 Å². The van der Waals surface area contributed by atoms with Crippen molar-refractivity contribution < 1.29 is 0 Å². The van der Waals surface area contributed by atoms with Gasteiger partial charge in [-0.15, -0.1) is 0 Å². The maximum Gasteiger partial charge on any atom is 0.331 e. The first-order valence-electron chi connectivity index (χ1n) is 7.19. The van der Waals surface area contributed by atoms with Crippen LogP contribution in [0.25, 0.3) is 10.9 Å². The standard InChI is InChI=1S/C17H14Cl2N2O2/c1-2-20-16(22)15-13(19)8-12(18)9-14(15)21(17(20)23)10-11-6-4-3-5-7-11/h3-9H,2,10H2,1H3. The van der Waals surface area contributed by atoms with Crippen LogP contribution in [0.3, 0.4) is 0 Å². The molecule has 2 aromatic carbocycles. The second-order valence-corrected chi connectivity index (χ2v) is 6.03. The van der Waals surface area contributed by atoms with Crippen LogP contribution in [0.4, 0.5) is 0 Å². The van der Waals surface area contributed by atoms with Crippen molar-refractivity contribution in [2.24, 2.45) is 0 Å². The van der Waals surface area contributed by atoms with Crippen LogP contribution in [0.2, 0.25) is 10.0 Å². The van der Waals surface area contributed by atoms with Gasteiger partial charge in [0.15, 0.2) is 0 Å². The second kappa shape index (κ2) is 6.22. The fourth-order valence-electron chi connectivity index (χ4n) is 2.65. The van der Waals surface area contributed by atoms with Crippen molar-refractivity contribution in [2.45, 2.75) is 20.0 Å². The molecule has 0 saturated heterocycles. The van der Waals surface area contributed by atoms with Crippen molar-refractivity contribution in [3.05, 3.63) is 78.9 Å². The lowest BCUT2D eigenvalue weighted by molar-refractivity contribution is 0.619. The van der Waals surface area contributed by atoms with Crippen LogP contribution in [0.5, 0.6) is 0 Å². The molecule has 3 aromatic rings. The van der Waals surface area contributed by atoms with Crippen LogP contribution in [0.1, 0.15) is 12.5 Å². The highest BCUT2D eigenvalue weighted by atomic mass is 35.5. The molecule has 0 fully saturated rings. The average Bonchev–Trinajstić information content (AvgIpc) is 2.52. The van der Waals surface area contributed by atoms with Crippen molar-refractivity contribution in [1.29, 1.82) is 0 Å². The Morgan fingerprint density at radius 1 is 1.00 bits per heavy atom. The molecule has 0 aliphatic heterocycles. The maximum absolute atomic E-state index is 12.7. The van der Waals surface area contributed by atoms with E-state index in [0.717, 1.165) is 5.56 Å². The summed E-state index contributed by atoms with van der Waals surface area (Å²) in [4.78, 5) is 25.2. The van der Waals surface area contributed by atoms with Gasteiger partial charge in [-0.1, -0.05) is 53.5 Å². The Balaban J connectivity index is 2.40. The van der Waals surface area contributed by atoms with Gasteiger partial charge in [0.2, 0.25) is 0 Å². The smallest absolute Gasteiger partial charge is 0.289 e. The van der Waals surface area contributed by atoms with Gasteiger partial charge >= 0.3 is 5.69 Å². The number of aromatic nitrogens is 2. The van der Waals surface area contributed by atoms with Crippen molar-refractivity contribution in [1.82, 2.24) is 9.13 Å². The molecule has 23 heavy (non-hydrogen) atoms. The van der Waals surface area contributed by atoms with Crippen molar-refractivity contribution in [3.63, 3.8) is 0 Å². The molecule has 0 aliphatic carbocycles. The van der Waals surface area contributed by atoms with Gasteiger partial charge in [-0.25, -0.2) is 4.79 Å². The molecular formula is C17H14Cl2N2O2. The van der Waals surface area contributed by atoms with E-state index in [1.807, 2.05) is 30.3 Å². The first-order chi connectivity index (χ1) is 11.0. The number of fused-ring (bicyclic) bond motifs is 1. The maximum atomic E-state index is 12.7. The van der Waals surface area contributed by atoms with Crippen molar-refractivity contribution in [3.8, 4) is 0 Å². The van der Waals surface area contributed by atoms with E-state index in [-0.39, 0.29) is 17.3 Å². The third-order valence-corrected chi connectivity index (χ3v) is 4.26. The van der Waals surface area contributed by atoms with Crippen LogP contribution in [-0.2, 0) is 13.1 Å². The molecule has 0 unspecified atom stereocenters. The molecule has 0 radical (unpaired) electrons. The number of rotatable bonds is 3. The Morgan fingerprint density at radius 3 is 2.35 bits per heavy atom. The minimum atomic E-state index is -0.390. The Morgan fingerprint density at radius 2 is 1.70 bits per heavy atom. The van der Waals surface area contributed by atoms with Gasteiger partial charge in [-0.05, 0) is 24.6 Å². The SMILES string of the molecule is CCn1c(=O)c2c(Cl)cc(Cl)cc2n(Cc2ccccc2)c1=O. The van der Waals surface area contributed by atoms with E-state index < -0.39 is 5.56 Å². The van der Waals surface area contributed by atoms with Gasteiger partial charge in [0.25, 0.3) is 5.56 Å². The third-order valence-electron chi connectivity index (χ3n) is 3.75. The average molecular weight is 349 g/mol. The fourth-order valence-corrected chi connectivity index (χ4v) is 3.22. The summed E-state index contributed by atoms with van der Waals surface area (Å²) in [6.45, 7) is 2.37. The summed E-state index contributed by atoms with van der Waals surface area (Å²) in [5.41, 5.74) is 0.644. The molecule has 1 heterocycles. The van der Waals surface area contributed by atoms with Gasteiger partial charge in [-0.3, -0.25) is 13.9 Å². The predicted molar refractivity (Wildman–Crippen MR) is 93.7 cm³/mol. The van der Waals surface area contributed by atoms with Gasteiger partial charge in [-0.2, -0.15) is 0 Å². The lowest BCUT2D eigenvalue weighted by Crippen LogP contribution is -2.40. The Labute approximate surface area is 142 Å². The molecular weight excluding hydrogens is 335 g/mol. The highest BCUT2D eigenvalue weighted by Crippen LogP contribution is 2.25. The van der Waals surface area contributed by atoms with Crippen LogP contribution >= 0.6 is 23.2 Å². The largest absolute Gasteiger partial charge is 0.331 e. The lowest BCUT2D eigenvalue weighted by atomic mass is 10.2. The summed E-state index contributed by atoms with van der Waals surface area (Å²) in [6.07, 6.45) is 0. The summed E-state index contributed by atoms with van der Waals surface area (Å²) in [7, 11) is 0. The van der Waals surface area contributed by atoms with E-state index in [9.17, 15) is 9.59 Å². The molecule has 4 nitrogen and oxygen atoms in total. The number of hydrogen-bond acceptors (Lipinski definition) is 2. The second-order valence-electron chi connectivity index (χ2n) is 5.19. The molecule has 3 rings (SSSR count). The minimum absolute atomic E-state index is 0.251. The fraction of sp³-hybridized carbons (Fsp3) is 0.176. The van der Waals surface area contributed by atoms with Crippen LogP contribution < -0.4 is 11.2 Å². The lowest BCUT2D eigenvalue weighted by Gasteiger charge is -2.14. The van der Waals surface area contributed by atoms with Gasteiger partial charge < -0.3 is 0 Å². The summed E-state index contributed by atoms with van der Waals surface area (Å²) < 4.78 is 2.72. The summed E-state index contributed by atoms with van der Waals surface area (Å²) in [5.74, 6) is 0. The molecule has 6 heteroatoms. The van der Waals surface area contributed by atoms with E-state index in [2.05, 4.69) is 0 Å². The zero-order valence-corrected chi connectivity index (χ0v) is 13.9. The van der Waals surface area contributed by atoms with Gasteiger partial charge in [0, 0.05) is 11.6 Å². The van der Waals surface area contributed by atoms with E-state index >= 15 is 0 Å². The van der Waals surface area contributed by atoms with E-state index in [0.29, 0.717) is 22.5 Å². The van der Waals surface area contributed by atoms with E-state index in [1.54, 1.807) is 13.0 Å². The number of nitrogens with zero attached hydrogens (tertiary/aromatic N) is 2. The Hall–Kier alpha value is -2.04. The minimum Gasteiger partial charge on any atom is -0.289 e.